The van der Waals surface area contributed by atoms with Crippen molar-refractivity contribution in [3.8, 4) is 0 Å². The summed E-state index contributed by atoms with van der Waals surface area (Å²) in [6.45, 7) is 0. The van der Waals surface area contributed by atoms with E-state index in [4.69, 9.17) is 8.42 Å². The first-order chi connectivity index (χ1) is 8.01. The molecule has 0 aliphatic carbocycles. The van der Waals surface area contributed by atoms with Gasteiger partial charge in [-0.2, -0.15) is 30.4 Å². The molecule has 0 N–H and O–H groups in total. The Kier molecular flexibility index (Phi) is 7.08. The standard InChI is InChI=1S/C5H3F9.F2O2S/c6-1(3(8)9)2(7)4(10,11)5(12,13)14;1-5(2,3)4/h1-3H;. The number of alkyl halides is 9. The van der Waals surface area contributed by atoms with Crippen molar-refractivity contribution in [3.05, 3.63) is 0 Å². The smallest absolute Gasteiger partial charge is 0.238 e. The van der Waals surface area contributed by atoms with Gasteiger partial charge in [-0.25, -0.2) is 17.6 Å². The molecule has 0 spiro atoms. The van der Waals surface area contributed by atoms with Gasteiger partial charge >= 0.3 is 22.7 Å². The fraction of sp³-hybridized carbons (Fsp3) is 1.00. The first-order valence-electron chi connectivity index (χ1n) is 3.67. The lowest BCUT2D eigenvalue weighted by Crippen LogP contribution is -2.50. The van der Waals surface area contributed by atoms with Crippen LogP contribution >= 0.6 is 0 Å². The van der Waals surface area contributed by atoms with E-state index in [-0.39, 0.29) is 0 Å². The third kappa shape index (κ3) is 8.05. The Labute approximate surface area is 98.2 Å². The molecule has 0 heterocycles. The van der Waals surface area contributed by atoms with Crippen molar-refractivity contribution in [2.75, 3.05) is 0 Å². The zero-order chi connectivity index (χ0) is 16.2. The second kappa shape index (κ2) is 6.56. The topological polar surface area (TPSA) is 34.1 Å². The minimum atomic E-state index is -6.40. The maximum Gasteiger partial charge on any atom is 0.476 e. The molecule has 0 aromatic rings. The normalized spacial score (nSPS) is 16.6. The molecule has 2 nitrogen and oxygen atoms in total. The van der Waals surface area contributed by atoms with Gasteiger partial charge in [0.15, 0.2) is 6.17 Å². The van der Waals surface area contributed by atoms with Crippen molar-refractivity contribution in [3.63, 3.8) is 0 Å². The molecule has 0 aromatic heterocycles. The van der Waals surface area contributed by atoms with E-state index in [1.54, 1.807) is 0 Å². The molecule has 0 aliphatic heterocycles. The van der Waals surface area contributed by atoms with Crippen LogP contribution in [0.25, 0.3) is 0 Å². The molecule has 19 heavy (non-hydrogen) atoms. The van der Waals surface area contributed by atoms with Gasteiger partial charge in [-0.15, -0.1) is 0 Å². The van der Waals surface area contributed by atoms with Crippen LogP contribution in [0.3, 0.4) is 0 Å². The fourth-order valence-corrected chi connectivity index (χ4v) is 0.484. The molecule has 14 heteroatoms. The van der Waals surface area contributed by atoms with Gasteiger partial charge in [0.2, 0.25) is 6.17 Å². The average Bonchev–Trinajstić information content (AvgIpc) is 2.10. The molecule has 2 unspecified atom stereocenters. The Balaban J connectivity index is 0. The number of halogens is 11. The van der Waals surface area contributed by atoms with E-state index in [2.05, 4.69) is 0 Å². The first kappa shape index (κ1) is 20.5. The monoisotopic (exact) mass is 336 g/mol. The largest absolute Gasteiger partial charge is 0.476 e. The maximum atomic E-state index is 12.0. The summed E-state index contributed by atoms with van der Waals surface area (Å²) in [7, 11) is -5.67. The Morgan fingerprint density at radius 3 is 1.21 bits per heavy atom. The van der Waals surface area contributed by atoms with Gasteiger partial charge in [-0.1, -0.05) is 7.77 Å². The van der Waals surface area contributed by atoms with E-state index in [1.165, 1.54) is 0 Å². The predicted octanol–water partition coefficient (Wildman–Crippen LogP) is 3.30. The molecule has 2 atom stereocenters. The lowest BCUT2D eigenvalue weighted by Gasteiger charge is -2.24. The van der Waals surface area contributed by atoms with Gasteiger partial charge in [0, 0.05) is 0 Å². The predicted molar refractivity (Wildman–Crippen MR) is 37.9 cm³/mol. The van der Waals surface area contributed by atoms with Gasteiger partial charge in [-0.3, -0.25) is 0 Å². The van der Waals surface area contributed by atoms with Crippen LogP contribution in [0.1, 0.15) is 0 Å². The van der Waals surface area contributed by atoms with E-state index in [0.29, 0.717) is 0 Å². The maximum absolute atomic E-state index is 12.0. The van der Waals surface area contributed by atoms with Crippen molar-refractivity contribution in [1.82, 2.24) is 0 Å². The summed E-state index contributed by atoms with van der Waals surface area (Å²) in [5.74, 6) is -6.12. The minimum absolute atomic E-state index is 4.17. The molecule has 0 aliphatic rings. The summed E-state index contributed by atoms with van der Waals surface area (Å²) in [4.78, 5) is 0. The lowest BCUT2D eigenvalue weighted by atomic mass is 10.1. The Morgan fingerprint density at radius 2 is 1.05 bits per heavy atom. The summed E-state index contributed by atoms with van der Waals surface area (Å²) in [5.41, 5.74) is 0. The summed E-state index contributed by atoms with van der Waals surface area (Å²) < 4.78 is 141. The molecule has 0 bridgehead atoms. The molecular formula is C5H3F11O2S. The van der Waals surface area contributed by atoms with Gasteiger partial charge in [0.25, 0.3) is 6.43 Å². The Hall–Kier alpha value is -0.820. The average molecular weight is 336 g/mol. The van der Waals surface area contributed by atoms with Crippen LogP contribution in [-0.2, 0) is 10.6 Å². The Bertz CT molecular complexity index is 352. The van der Waals surface area contributed by atoms with E-state index in [0.717, 1.165) is 0 Å². The Morgan fingerprint density at radius 1 is 0.789 bits per heavy atom. The van der Waals surface area contributed by atoms with Crippen molar-refractivity contribution < 1.29 is 55.7 Å². The highest BCUT2D eigenvalue weighted by molar-refractivity contribution is 7.81. The lowest BCUT2D eigenvalue weighted by molar-refractivity contribution is -0.312. The summed E-state index contributed by atoms with van der Waals surface area (Å²) >= 11 is 0. The van der Waals surface area contributed by atoms with Gasteiger partial charge in [0.05, 0.1) is 0 Å². The summed E-state index contributed by atoms with van der Waals surface area (Å²) in [6.07, 6.45) is -19.4. The quantitative estimate of drug-likeness (QED) is 0.585. The van der Waals surface area contributed by atoms with Crippen LogP contribution in [0.5, 0.6) is 0 Å². The van der Waals surface area contributed by atoms with Crippen molar-refractivity contribution >= 4 is 10.6 Å². The van der Waals surface area contributed by atoms with Gasteiger partial charge < -0.3 is 0 Å². The van der Waals surface area contributed by atoms with E-state index in [9.17, 15) is 47.3 Å². The van der Waals surface area contributed by atoms with Gasteiger partial charge in [-0.05, 0) is 0 Å². The summed E-state index contributed by atoms with van der Waals surface area (Å²) in [6, 6.07) is 0. The van der Waals surface area contributed by atoms with E-state index >= 15 is 0 Å². The second-order valence-corrected chi connectivity index (χ2v) is 3.44. The molecule has 0 amide bonds. The highest BCUT2D eigenvalue weighted by Crippen LogP contribution is 2.41. The molecule has 0 rings (SSSR count). The minimum Gasteiger partial charge on any atom is -0.238 e. The number of hydrogen-bond acceptors (Lipinski definition) is 2. The molecule has 0 aromatic carbocycles. The van der Waals surface area contributed by atoms with Crippen molar-refractivity contribution in [2.45, 2.75) is 30.9 Å². The van der Waals surface area contributed by atoms with Gasteiger partial charge in [0.1, 0.15) is 0 Å². The second-order valence-electron chi connectivity index (χ2n) is 2.68. The molecule has 0 saturated carbocycles. The van der Waals surface area contributed by atoms with Crippen molar-refractivity contribution in [2.24, 2.45) is 0 Å². The zero-order valence-electron chi connectivity index (χ0n) is 8.11. The van der Waals surface area contributed by atoms with Crippen molar-refractivity contribution in [1.29, 1.82) is 0 Å². The first-order valence-corrected chi connectivity index (χ1v) is 4.95. The molecule has 0 saturated heterocycles. The molecule has 0 radical (unpaired) electrons. The SMILES string of the molecule is FC(F)C(F)C(F)C(F)(F)C(F)(F)F.O=S(=O)(F)F. The number of hydrogen-bond donors (Lipinski definition) is 0. The fourth-order valence-electron chi connectivity index (χ4n) is 0.484. The highest BCUT2D eigenvalue weighted by atomic mass is 32.3. The van der Waals surface area contributed by atoms with E-state index < -0.39 is 41.5 Å². The molecule has 0 fully saturated rings. The molecular weight excluding hydrogens is 333 g/mol. The van der Waals surface area contributed by atoms with Crippen LogP contribution < -0.4 is 0 Å². The molecule has 118 valence electrons. The summed E-state index contributed by atoms with van der Waals surface area (Å²) in [5, 5.41) is 0. The number of rotatable bonds is 3. The van der Waals surface area contributed by atoms with E-state index in [1.807, 2.05) is 0 Å². The van der Waals surface area contributed by atoms with Crippen LogP contribution in [0.15, 0.2) is 0 Å². The highest BCUT2D eigenvalue weighted by Gasteiger charge is 2.66. The van der Waals surface area contributed by atoms with Crippen LogP contribution in [0.4, 0.5) is 47.3 Å². The van der Waals surface area contributed by atoms with Crippen LogP contribution in [-0.4, -0.2) is 39.3 Å². The zero-order valence-corrected chi connectivity index (χ0v) is 8.93. The third-order valence-electron chi connectivity index (χ3n) is 1.24. The van der Waals surface area contributed by atoms with Crippen LogP contribution in [0.2, 0.25) is 0 Å². The third-order valence-corrected chi connectivity index (χ3v) is 1.24. The van der Waals surface area contributed by atoms with Crippen LogP contribution in [0, 0.1) is 0 Å².